The molecule has 0 unspecified atom stereocenters. The largest absolute Gasteiger partial charge is 2.00 e. The van der Waals surface area contributed by atoms with Gasteiger partial charge in [-0.3, -0.25) is 24.3 Å². The van der Waals surface area contributed by atoms with Gasteiger partial charge in [0.15, 0.2) is 0 Å². The van der Waals surface area contributed by atoms with Crippen molar-refractivity contribution in [3.63, 3.8) is 0 Å². The van der Waals surface area contributed by atoms with Crippen LogP contribution in [-0.2, 0) is 19.8 Å². The summed E-state index contributed by atoms with van der Waals surface area (Å²) in [7, 11) is 10.6. The van der Waals surface area contributed by atoms with Crippen LogP contribution in [0.4, 0.5) is 0 Å². The SMILES string of the molecule is CN(C)CCN(C)CCN(C)C.[Li+].[Li+].[Os+2].[c-]1cc[cH-]c1.[c-]1ccc[cH-]1. The first-order chi connectivity index (χ1) is 10.5. The van der Waals surface area contributed by atoms with Crippen molar-refractivity contribution in [1.29, 1.82) is 0 Å². The van der Waals surface area contributed by atoms with Gasteiger partial charge in [0.2, 0.25) is 0 Å². The van der Waals surface area contributed by atoms with Gasteiger partial charge in [-0.05, 0) is 35.2 Å². The molecule has 2 aromatic carbocycles. The molecule has 0 fully saturated rings. The van der Waals surface area contributed by atoms with Gasteiger partial charge in [0.05, 0.1) is 0 Å². The third kappa shape index (κ3) is 29.4. The number of hydrogen-bond acceptors (Lipinski definition) is 3. The molecule has 0 radical (unpaired) electrons. The zero-order chi connectivity index (χ0) is 16.6. The molecular formula is C19H31Li2N3Os. The van der Waals surface area contributed by atoms with Gasteiger partial charge in [-0.2, -0.15) is 0 Å². The Hall–Kier alpha value is 0.411. The Bertz CT molecular complexity index is 320. The summed E-state index contributed by atoms with van der Waals surface area (Å²) in [5, 5.41) is 0. The molecule has 3 nitrogen and oxygen atoms in total. The fourth-order valence-corrected chi connectivity index (χ4v) is 1.41. The van der Waals surface area contributed by atoms with E-state index in [0.717, 1.165) is 26.2 Å². The normalized spacial score (nSPS) is 8.96. The molecule has 0 aliphatic carbocycles. The third-order valence-electron chi connectivity index (χ3n) is 2.85. The molecule has 0 aliphatic heterocycles. The van der Waals surface area contributed by atoms with Crippen LogP contribution in [0.3, 0.4) is 0 Å². The number of likely N-dealkylation sites (N-methyl/N-ethyl adjacent to an activating group) is 3. The van der Waals surface area contributed by atoms with Gasteiger partial charge in [-0.25, -0.2) is 0 Å². The summed E-state index contributed by atoms with van der Waals surface area (Å²) >= 11 is 0. The van der Waals surface area contributed by atoms with Gasteiger partial charge in [-0.15, -0.1) is 0 Å². The molecule has 0 spiro atoms. The number of rotatable bonds is 6. The van der Waals surface area contributed by atoms with E-state index in [4.69, 9.17) is 0 Å². The molecular weight excluding hydrogens is 474 g/mol. The molecule has 0 amide bonds. The van der Waals surface area contributed by atoms with Crippen molar-refractivity contribution >= 4 is 0 Å². The number of hydrogen-bond donors (Lipinski definition) is 0. The van der Waals surface area contributed by atoms with Gasteiger partial charge in [0.25, 0.3) is 0 Å². The van der Waals surface area contributed by atoms with E-state index in [1.807, 2.05) is 48.5 Å². The summed E-state index contributed by atoms with van der Waals surface area (Å²) in [5.74, 6) is 0. The zero-order valence-corrected chi connectivity index (χ0v) is 19.7. The van der Waals surface area contributed by atoms with Crippen LogP contribution in [0.5, 0.6) is 0 Å². The zero-order valence-electron chi connectivity index (χ0n) is 17.1. The Morgan fingerprint density at radius 2 is 1.36 bits per heavy atom. The Morgan fingerprint density at radius 3 is 1.56 bits per heavy atom. The molecule has 6 heteroatoms. The van der Waals surface area contributed by atoms with Crippen molar-refractivity contribution < 1.29 is 57.5 Å². The van der Waals surface area contributed by atoms with Crippen LogP contribution in [0, 0.1) is 12.1 Å². The van der Waals surface area contributed by atoms with Gasteiger partial charge in [-0.1, -0.05) is 0 Å². The second-order valence-corrected chi connectivity index (χ2v) is 5.68. The van der Waals surface area contributed by atoms with Crippen LogP contribution in [0.25, 0.3) is 0 Å². The van der Waals surface area contributed by atoms with Crippen molar-refractivity contribution in [3.8, 4) is 0 Å². The first-order valence-electron chi connectivity index (χ1n) is 7.66. The summed E-state index contributed by atoms with van der Waals surface area (Å²) in [6.07, 6.45) is 0. The minimum absolute atomic E-state index is 0. The van der Waals surface area contributed by atoms with Crippen LogP contribution in [0.15, 0.2) is 48.5 Å². The third-order valence-corrected chi connectivity index (χ3v) is 2.85. The topological polar surface area (TPSA) is 9.72 Å². The average Bonchev–Trinajstić information content (AvgIpc) is 3.20. The summed E-state index contributed by atoms with van der Waals surface area (Å²) in [4.78, 5) is 6.79. The fourth-order valence-electron chi connectivity index (χ4n) is 1.41. The van der Waals surface area contributed by atoms with E-state index in [0.29, 0.717) is 0 Å². The van der Waals surface area contributed by atoms with Gasteiger partial charge in [0, 0.05) is 26.2 Å². The average molecular weight is 506 g/mol. The summed E-state index contributed by atoms with van der Waals surface area (Å²) in [5.41, 5.74) is 0. The maximum atomic E-state index is 2.86. The minimum atomic E-state index is 0. The molecule has 0 saturated carbocycles. The fraction of sp³-hybridized carbons (Fsp3) is 0.474. The minimum Gasteiger partial charge on any atom is -0.376 e. The maximum Gasteiger partial charge on any atom is 2.00 e. The Kier molecular flexibility index (Phi) is 32.3. The molecule has 2 rings (SSSR count). The maximum absolute atomic E-state index is 2.86. The Morgan fingerprint density at radius 1 is 0.800 bits per heavy atom. The van der Waals surface area contributed by atoms with E-state index >= 15 is 0 Å². The number of nitrogens with zero attached hydrogens (tertiary/aromatic N) is 3. The molecule has 25 heavy (non-hydrogen) atoms. The predicted molar refractivity (Wildman–Crippen MR) is 96.3 cm³/mol. The van der Waals surface area contributed by atoms with Crippen molar-refractivity contribution in [2.24, 2.45) is 0 Å². The van der Waals surface area contributed by atoms with Crippen molar-refractivity contribution in [3.05, 3.63) is 60.7 Å². The first kappa shape index (κ1) is 33.0. The molecule has 0 aromatic heterocycles. The van der Waals surface area contributed by atoms with E-state index in [1.165, 1.54) is 0 Å². The van der Waals surface area contributed by atoms with Crippen LogP contribution in [0.1, 0.15) is 0 Å². The molecule has 0 aliphatic rings. The Labute approximate surface area is 193 Å². The first-order valence-corrected chi connectivity index (χ1v) is 7.66. The summed E-state index contributed by atoms with van der Waals surface area (Å²) in [6, 6.07) is 21.0. The van der Waals surface area contributed by atoms with Crippen LogP contribution >= 0.6 is 0 Å². The standard InChI is InChI=1S/C9H23N3.2C5H4.2Li.Os/c1-10(2)6-8-12(5)9-7-11(3)4;2*1-2-4-5-3-1;;;/h6-9H2,1-5H3;2*1-4H;;;/q;2*-2;2*+1;+2. The van der Waals surface area contributed by atoms with E-state index < -0.39 is 0 Å². The molecule has 2 aromatic rings. The monoisotopic (exact) mass is 507 g/mol. The molecule has 132 valence electrons. The van der Waals surface area contributed by atoms with Crippen LogP contribution < -0.4 is 37.7 Å². The van der Waals surface area contributed by atoms with E-state index in [1.54, 1.807) is 0 Å². The van der Waals surface area contributed by atoms with Gasteiger partial charge >= 0.3 is 57.5 Å². The van der Waals surface area contributed by atoms with E-state index in [9.17, 15) is 0 Å². The molecule has 0 N–H and O–H groups in total. The predicted octanol–water partition coefficient (Wildman–Crippen LogP) is -3.54. The van der Waals surface area contributed by atoms with Crippen molar-refractivity contribution in [1.82, 2.24) is 14.7 Å². The van der Waals surface area contributed by atoms with Crippen molar-refractivity contribution in [2.45, 2.75) is 0 Å². The molecule has 0 bridgehead atoms. The van der Waals surface area contributed by atoms with E-state index in [-0.39, 0.29) is 57.5 Å². The van der Waals surface area contributed by atoms with Gasteiger partial charge < -0.3 is 51.1 Å². The summed E-state index contributed by atoms with van der Waals surface area (Å²) < 4.78 is 0. The second kappa shape index (κ2) is 24.4. The molecule has 0 atom stereocenters. The van der Waals surface area contributed by atoms with Gasteiger partial charge in [0.1, 0.15) is 0 Å². The summed E-state index contributed by atoms with van der Waals surface area (Å²) in [6.45, 7) is 4.59. The van der Waals surface area contributed by atoms with Crippen LogP contribution in [-0.4, -0.2) is 76.1 Å². The van der Waals surface area contributed by atoms with Crippen LogP contribution in [0.2, 0.25) is 0 Å². The Balaban J connectivity index is -0.000000141. The quantitative estimate of drug-likeness (QED) is 0.298. The second-order valence-electron chi connectivity index (χ2n) is 5.68. The van der Waals surface area contributed by atoms with E-state index in [2.05, 4.69) is 62.1 Å². The van der Waals surface area contributed by atoms with Crippen molar-refractivity contribution in [2.75, 3.05) is 61.4 Å². The molecule has 0 heterocycles. The smallest absolute Gasteiger partial charge is 0.376 e. The molecule has 0 saturated heterocycles.